The molecule has 1 aromatic rings. The Kier molecular flexibility index (Phi) is 6.11. The second-order valence-corrected chi connectivity index (χ2v) is 4.41. The number of carbonyl (C=O) groups excluding carboxylic acids is 1. The third kappa shape index (κ3) is 4.62. The molecule has 1 unspecified atom stereocenters. The van der Waals surface area contributed by atoms with Gasteiger partial charge in [-0.1, -0.05) is 19.4 Å². The van der Waals surface area contributed by atoms with E-state index in [-0.39, 0.29) is 12.2 Å². The minimum absolute atomic E-state index is 0.0514. The minimum atomic E-state index is -1.52. The molecule has 9 nitrogen and oxygen atoms in total. The lowest BCUT2D eigenvalue weighted by Crippen LogP contribution is -2.34. The second kappa shape index (κ2) is 7.81. The van der Waals surface area contributed by atoms with Gasteiger partial charge in [0, 0.05) is 6.07 Å². The number of amides is 1. The highest BCUT2D eigenvalue weighted by Crippen LogP contribution is 2.29. The average molecular weight is 312 g/mol. The molecule has 22 heavy (non-hydrogen) atoms. The van der Waals surface area contributed by atoms with E-state index in [9.17, 15) is 24.8 Å². The molecule has 0 heterocycles. The smallest absolute Gasteiger partial charge is 0.408 e. The molecule has 0 saturated carbocycles. The lowest BCUT2D eigenvalue weighted by atomic mass is 10.1. The largest absolute Gasteiger partial charge is 0.502 e. The zero-order valence-corrected chi connectivity index (χ0v) is 11.8. The zero-order chi connectivity index (χ0) is 16.7. The summed E-state index contributed by atoms with van der Waals surface area (Å²) < 4.78 is 4.79. The normalized spacial score (nSPS) is 11.5. The SMILES string of the molecule is CCCCOC(=O)NC(C(=O)O)c1ccc(O)c([N+](=O)[O-])c1. The number of phenols is 1. The summed E-state index contributed by atoms with van der Waals surface area (Å²) in [7, 11) is 0. The maximum Gasteiger partial charge on any atom is 0.408 e. The Labute approximate surface area is 125 Å². The van der Waals surface area contributed by atoms with Crippen molar-refractivity contribution in [2.45, 2.75) is 25.8 Å². The van der Waals surface area contributed by atoms with Gasteiger partial charge in [0.15, 0.2) is 11.8 Å². The summed E-state index contributed by atoms with van der Waals surface area (Å²) >= 11 is 0. The molecule has 0 radical (unpaired) electrons. The standard InChI is InChI=1S/C13H16N2O7/c1-2-3-6-22-13(19)14-11(12(17)18)8-4-5-10(16)9(7-8)15(20)21/h4-5,7,11,16H,2-3,6H2,1H3,(H,14,19)(H,17,18). The molecular weight excluding hydrogens is 296 g/mol. The predicted octanol–water partition coefficient (Wildman–Crippen LogP) is 1.95. The van der Waals surface area contributed by atoms with Gasteiger partial charge in [0.1, 0.15) is 0 Å². The van der Waals surface area contributed by atoms with Crippen molar-refractivity contribution in [1.29, 1.82) is 0 Å². The maximum absolute atomic E-state index is 11.5. The van der Waals surface area contributed by atoms with Crippen LogP contribution in [0.5, 0.6) is 5.75 Å². The van der Waals surface area contributed by atoms with Crippen molar-refractivity contribution in [3.63, 3.8) is 0 Å². The summed E-state index contributed by atoms with van der Waals surface area (Å²) in [5.74, 6) is -2.00. The molecule has 0 bridgehead atoms. The van der Waals surface area contributed by atoms with Crippen LogP contribution in [0, 0.1) is 10.1 Å². The Bertz CT molecular complexity index is 574. The van der Waals surface area contributed by atoms with Gasteiger partial charge in [-0.05, 0) is 18.1 Å². The number of alkyl carbamates (subject to hydrolysis) is 1. The summed E-state index contributed by atoms with van der Waals surface area (Å²) in [6, 6.07) is 1.54. The summed E-state index contributed by atoms with van der Waals surface area (Å²) in [5, 5.41) is 31.4. The number of nitro groups is 1. The van der Waals surface area contributed by atoms with Crippen molar-refractivity contribution in [3.8, 4) is 5.75 Å². The number of nitrogens with zero attached hydrogens (tertiary/aromatic N) is 1. The first kappa shape index (κ1) is 17.2. The van der Waals surface area contributed by atoms with Crippen LogP contribution in [0.2, 0.25) is 0 Å². The maximum atomic E-state index is 11.5. The Morgan fingerprint density at radius 2 is 2.14 bits per heavy atom. The Morgan fingerprint density at radius 1 is 1.45 bits per heavy atom. The number of nitro benzene ring substituents is 1. The van der Waals surface area contributed by atoms with Gasteiger partial charge < -0.3 is 20.3 Å². The highest BCUT2D eigenvalue weighted by Gasteiger charge is 2.26. The summed E-state index contributed by atoms with van der Waals surface area (Å²) in [6.07, 6.45) is 0.506. The van der Waals surface area contributed by atoms with Crippen LogP contribution in [-0.4, -0.2) is 33.8 Å². The fourth-order valence-corrected chi connectivity index (χ4v) is 1.62. The van der Waals surface area contributed by atoms with Crippen molar-refractivity contribution in [3.05, 3.63) is 33.9 Å². The molecule has 120 valence electrons. The number of hydrogen-bond acceptors (Lipinski definition) is 6. The monoisotopic (exact) mass is 312 g/mol. The van der Waals surface area contributed by atoms with Gasteiger partial charge in [0.25, 0.3) is 0 Å². The zero-order valence-electron chi connectivity index (χ0n) is 11.8. The van der Waals surface area contributed by atoms with Gasteiger partial charge in [0.2, 0.25) is 0 Å². The fraction of sp³-hybridized carbons (Fsp3) is 0.385. The van der Waals surface area contributed by atoms with Crippen molar-refractivity contribution in [2.24, 2.45) is 0 Å². The van der Waals surface area contributed by atoms with Crippen LogP contribution < -0.4 is 5.32 Å². The Morgan fingerprint density at radius 3 is 2.68 bits per heavy atom. The molecular formula is C13H16N2O7. The predicted molar refractivity (Wildman–Crippen MR) is 74.5 cm³/mol. The molecule has 0 aliphatic carbocycles. The highest BCUT2D eigenvalue weighted by molar-refractivity contribution is 5.81. The number of carbonyl (C=O) groups is 2. The van der Waals surface area contributed by atoms with E-state index in [4.69, 9.17) is 9.84 Å². The van der Waals surface area contributed by atoms with E-state index >= 15 is 0 Å². The fourth-order valence-electron chi connectivity index (χ4n) is 1.62. The first-order chi connectivity index (χ1) is 10.4. The number of carboxylic acid groups (broad SMARTS) is 1. The molecule has 0 spiro atoms. The van der Waals surface area contributed by atoms with Gasteiger partial charge in [0.05, 0.1) is 11.5 Å². The molecule has 1 atom stereocenters. The Balaban J connectivity index is 2.92. The van der Waals surface area contributed by atoms with Crippen molar-refractivity contribution in [1.82, 2.24) is 5.32 Å². The summed E-state index contributed by atoms with van der Waals surface area (Å²) in [4.78, 5) is 32.6. The van der Waals surface area contributed by atoms with E-state index < -0.39 is 34.5 Å². The number of aliphatic carboxylic acids is 1. The highest BCUT2D eigenvalue weighted by atomic mass is 16.6. The van der Waals surface area contributed by atoms with Crippen LogP contribution in [0.1, 0.15) is 31.4 Å². The number of rotatable bonds is 7. The average Bonchev–Trinajstić information content (AvgIpc) is 2.45. The molecule has 1 aromatic carbocycles. The molecule has 0 aromatic heterocycles. The second-order valence-electron chi connectivity index (χ2n) is 4.41. The minimum Gasteiger partial charge on any atom is -0.502 e. The van der Waals surface area contributed by atoms with Crippen molar-refractivity contribution in [2.75, 3.05) is 6.61 Å². The number of carboxylic acids is 1. The van der Waals surface area contributed by atoms with E-state index in [1.54, 1.807) is 0 Å². The number of ether oxygens (including phenoxy) is 1. The first-order valence-corrected chi connectivity index (χ1v) is 6.50. The molecule has 1 amide bonds. The molecule has 9 heteroatoms. The molecule has 1 rings (SSSR count). The van der Waals surface area contributed by atoms with E-state index in [0.29, 0.717) is 6.42 Å². The summed E-state index contributed by atoms with van der Waals surface area (Å²) in [5.41, 5.74) is -0.700. The molecule has 0 aliphatic heterocycles. The van der Waals surface area contributed by atoms with Gasteiger partial charge in [-0.25, -0.2) is 9.59 Å². The number of phenolic OH excluding ortho intramolecular Hbond substituents is 1. The van der Waals surface area contributed by atoms with Crippen LogP contribution in [0.15, 0.2) is 18.2 Å². The number of benzene rings is 1. The van der Waals surface area contributed by atoms with Crippen LogP contribution >= 0.6 is 0 Å². The lowest BCUT2D eigenvalue weighted by Gasteiger charge is -2.15. The first-order valence-electron chi connectivity index (χ1n) is 6.50. The molecule has 0 fully saturated rings. The topological polar surface area (TPSA) is 139 Å². The summed E-state index contributed by atoms with van der Waals surface area (Å²) in [6.45, 7) is 2.04. The quantitative estimate of drug-likeness (QED) is 0.397. The number of aromatic hydroxyl groups is 1. The number of unbranched alkanes of at least 4 members (excludes halogenated alkanes) is 1. The van der Waals surface area contributed by atoms with Gasteiger partial charge in [-0.15, -0.1) is 0 Å². The van der Waals surface area contributed by atoms with E-state index in [0.717, 1.165) is 18.6 Å². The molecule has 0 saturated heterocycles. The van der Waals surface area contributed by atoms with E-state index in [2.05, 4.69) is 5.32 Å². The van der Waals surface area contributed by atoms with Crippen molar-refractivity contribution < 1.29 is 29.5 Å². The van der Waals surface area contributed by atoms with Crippen LogP contribution in [0.25, 0.3) is 0 Å². The van der Waals surface area contributed by atoms with Crippen LogP contribution in [0.4, 0.5) is 10.5 Å². The van der Waals surface area contributed by atoms with E-state index in [1.165, 1.54) is 6.07 Å². The molecule has 0 aliphatic rings. The van der Waals surface area contributed by atoms with E-state index in [1.807, 2.05) is 6.92 Å². The lowest BCUT2D eigenvalue weighted by molar-refractivity contribution is -0.385. The van der Waals surface area contributed by atoms with Crippen LogP contribution in [-0.2, 0) is 9.53 Å². The van der Waals surface area contributed by atoms with Crippen molar-refractivity contribution >= 4 is 17.7 Å². The molecule has 3 N–H and O–H groups in total. The third-order valence-electron chi connectivity index (χ3n) is 2.77. The van der Waals surface area contributed by atoms with Gasteiger partial charge in [-0.3, -0.25) is 10.1 Å². The van der Waals surface area contributed by atoms with Gasteiger partial charge >= 0.3 is 17.7 Å². The number of nitrogens with one attached hydrogen (secondary N) is 1. The third-order valence-corrected chi connectivity index (χ3v) is 2.77. The Hall–Kier alpha value is -2.84. The number of hydrogen-bond donors (Lipinski definition) is 3. The van der Waals surface area contributed by atoms with Crippen LogP contribution in [0.3, 0.4) is 0 Å². The van der Waals surface area contributed by atoms with Gasteiger partial charge in [-0.2, -0.15) is 0 Å².